The first kappa shape index (κ1) is 12.7. The summed E-state index contributed by atoms with van der Waals surface area (Å²) in [6, 6.07) is 6.64. The maximum Gasteiger partial charge on any atom is 0.272 e. The summed E-state index contributed by atoms with van der Waals surface area (Å²) >= 11 is 0. The smallest absolute Gasteiger partial charge is 0.272 e. The molecule has 0 fully saturated rings. The molecule has 7 nitrogen and oxygen atoms in total. The molecule has 0 spiro atoms. The van der Waals surface area contributed by atoms with E-state index in [1.165, 1.54) is 7.05 Å². The van der Waals surface area contributed by atoms with Crippen molar-refractivity contribution < 1.29 is 9.59 Å². The van der Waals surface area contributed by atoms with Crippen LogP contribution in [0.5, 0.6) is 0 Å². The van der Waals surface area contributed by atoms with E-state index in [9.17, 15) is 14.4 Å². The summed E-state index contributed by atoms with van der Waals surface area (Å²) in [5.74, 6) is -0.835. The normalized spacial score (nSPS) is 10.2. The number of aromatic amines is 1. The predicted molar refractivity (Wildman–Crippen MR) is 68.8 cm³/mol. The Bertz CT molecular complexity index is 693. The zero-order chi connectivity index (χ0) is 13.8. The van der Waals surface area contributed by atoms with Crippen LogP contribution in [0.3, 0.4) is 0 Å². The lowest BCUT2D eigenvalue weighted by molar-refractivity contribution is -0.119. The van der Waals surface area contributed by atoms with Gasteiger partial charge in [0.25, 0.3) is 11.5 Å². The van der Waals surface area contributed by atoms with Crippen LogP contribution in [-0.2, 0) is 4.79 Å². The Balaban J connectivity index is 2.35. The number of nitrogens with one attached hydrogen (secondary N) is 3. The molecule has 1 aromatic heterocycles. The number of nitrogens with zero attached hydrogens (tertiary/aromatic N) is 1. The van der Waals surface area contributed by atoms with Crippen molar-refractivity contribution in [1.82, 2.24) is 20.8 Å². The third-order valence-electron chi connectivity index (χ3n) is 2.60. The summed E-state index contributed by atoms with van der Waals surface area (Å²) in [5.41, 5.74) is -0.280. The van der Waals surface area contributed by atoms with Gasteiger partial charge < -0.3 is 10.6 Å². The molecular weight excluding hydrogens is 248 g/mol. The summed E-state index contributed by atoms with van der Waals surface area (Å²) < 4.78 is 0. The van der Waals surface area contributed by atoms with Crippen LogP contribution >= 0.6 is 0 Å². The summed E-state index contributed by atoms with van der Waals surface area (Å²) in [6.07, 6.45) is 0. The lowest BCUT2D eigenvalue weighted by atomic mass is 10.1. The van der Waals surface area contributed by atoms with Crippen LogP contribution in [0, 0.1) is 0 Å². The van der Waals surface area contributed by atoms with Gasteiger partial charge in [-0.3, -0.25) is 14.4 Å². The Morgan fingerprint density at radius 3 is 2.63 bits per heavy atom. The van der Waals surface area contributed by atoms with E-state index < -0.39 is 5.91 Å². The molecule has 7 heteroatoms. The van der Waals surface area contributed by atoms with Gasteiger partial charge in [0, 0.05) is 12.4 Å². The van der Waals surface area contributed by atoms with Gasteiger partial charge in [-0.05, 0) is 6.07 Å². The fourth-order valence-electron chi connectivity index (χ4n) is 1.62. The number of fused-ring (bicyclic) bond motifs is 1. The van der Waals surface area contributed by atoms with Crippen LogP contribution in [-0.4, -0.2) is 35.6 Å². The first-order chi connectivity index (χ1) is 9.13. The van der Waals surface area contributed by atoms with Crippen LogP contribution in [0.4, 0.5) is 0 Å². The molecule has 0 bridgehead atoms. The zero-order valence-corrected chi connectivity index (χ0v) is 10.2. The number of H-pyrrole nitrogens is 1. The number of carbonyl (C=O) groups is 2. The van der Waals surface area contributed by atoms with Gasteiger partial charge in [-0.15, -0.1) is 0 Å². The van der Waals surface area contributed by atoms with Crippen molar-refractivity contribution >= 4 is 22.6 Å². The first-order valence-corrected chi connectivity index (χ1v) is 5.59. The minimum Gasteiger partial charge on any atom is -0.358 e. The highest BCUT2D eigenvalue weighted by atomic mass is 16.2. The minimum absolute atomic E-state index is 0.0825. The molecule has 0 saturated carbocycles. The van der Waals surface area contributed by atoms with Crippen molar-refractivity contribution in [3.63, 3.8) is 0 Å². The molecule has 98 valence electrons. The molecule has 0 radical (unpaired) electrons. The number of carbonyl (C=O) groups excluding carboxylic acids is 2. The van der Waals surface area contributed by atoms with E-state index in [2.05, 4.69) is 20.8 Å². The molecule has 1 aromatic carbocycles. The molecule has 2 aromatic rings. The van der Waals surface area contributed by atoms with Crippen molar-refractivity contribution in [2.45, 2.75) is 0 Å². The highest BCUT2D eigenvalue weighted by Gasteiger charge is 2.14. The lowest BCUT2D eigenvalue weighted by Crippen LogP contribution is -2.36. The van der Waals surface area contributed by atoms with Crippen LogP contribution in [0.25, 0.3) is 10.8 Å². The topological polar surface area (TPSA) is 104 Å². The van der Waals surface area contributed by atoms with Crippen molar-refractivity contribution in [1.29, 1.82) is 0 Å². The average molecular weight is 260 g/mol. The summed E-state index contributed by atoms with van der Waals surface area (Å²) in [5, 5.41) is 11.6. The molecule has 0 saturated heterocycles. The third kappa shape index (κ3) is 2.59. The molecular formula is C12H12N4O3. The maximum absolute atomic E-state index is 11.9. The summed E-state index contributed by atoms with van der Waals surface area (Å²) in [4.78, 5) is 34.5. The molecule has 0 unspecified atom stereocenters. The van der Waals surface area contributed by atoms with Gasteiger partial charge >= 0.3 is 0 Å². The van der Waals surface area contributed by atoms with E-state index >= 15 is 0 Å². The van der Waals surface area contributed by atoms with E-state index in [1.54, 1.807) is 24.3 Å². The number of rotatable bonds is 3. The molecule has 1 heterocycles. The second-order valence-electron chi connectivity index (χ2n) is 3.80. The van der Waals surface area contributed by atoms with E-state index in [0.29, 0.717) is 10.8 Å². The molecule has 3 N–H and O–H groups in total. The van der Waals surface area contributed by atoms with Crippen LogP contribution in [0.15, 0.2) is 29.1 Å². The van der Waals surface area contributed by atoms with Crippen LogP contribution < -0.4 is 16.2 Å². The fraction of sp³-hybridized carbons (Fsp3) is 0.167. The number of likely N-dealkylation sites (N-methyl/N-ethyl adjacent to an activating group) is 1. The Kier molecular flexibility index (Phi) is 3.56. The van der Waals surface area contributed by atoms with Gasteiger partial charge in [-0.2, -0.15) is 5.10 Å². The minimum atomic E-state index is -0.518. The second kappa shape index (κ2) is 5.30. The van der Waals surface area contributed by atoms with Crippen LogP contribution in [0.1, 0.15) is 10.5 Å². The largest absolute Gasteiger partial charge is 0.358 e. The Hall–Kier alpha value is -2.70. The number of amides is 2. The quantitative estimate of drug-likeness (QED) is 0.685. The van der Waals surface area contributed by atoms with E-state index in [0.717, 1.165) is 0 Å². The Labute approximate surface area is 108 Å². The molecule has 2 amide bonds. The van der Waals surface area contributed by atoms with Crippen molar-refractivity contribution in [3.05, 3.63) is 40.3 Å². The van der Waals surface area contributed by atoms with Gasteiger partial charge in [-0.1, -0.05) is 18.2 Å². The van der Waals surface area contributed by atoms with Gasteiger partial charge in [0.15, 0.2) is 5.69 Å². The Morgan fingerprint density at radius 1 is 1.26 bits per heavy atom. The van der Waals surface area contributed by atoms with E-state index in [1.807, 2.05) is 0 Å². The van der Waals surface area contributed by atoms with Gasteiger partial charge in [0.1, 0.15) is 0 Å². The predicted octanol–water partition coefficient (Wildman–Crippen LogP) is -0.601. The monoisotopic (exact) mass is 260 g/mol. The zero-order valence-electron chi connectivity index (χ0n) is 10.2. The maximum atomic E-state index is 11.9. The van der Waals surface area contributed by atoms with Crippen molar-refractivity contribution in [2.75, 3.05) is 13.6 Å². The highest BCUT2D eigenvalue weighted by molar-refractivity contribution is 6.05. The summed E-state index contributed by atoms with van der Waals surface area (Å²) in [6.45, 7) is -0.148. The number of aromatic nitrogens is 2. The van der Waals surface area contributed by atoms with Gasteiger partial charge in [0.2, 0.25) is 5.91 Å². The number of hydrogen-bond acceptors (Lipinski definition) is 4. The lowest BCUT2D eigenvalue weighted by Gasteiger charge is -2.05. The second-order valence-corrected chi connectivity index (χ2v) is 3.80. The molecule has 0 aliphatic rings. The number of benzene rings is 1. The number of hydrogen-bond donors (Lipinski definition) is 3. The van der Waals surface area contributed by atoms with Crippen molar-refractivity contribution in [2.24, 2.45) is 0 Å². The third-order valence-corrected chi connectivity index (χ3v) is 2.60. The summed E-state index contributed by atoms with van der Waals surface area (Å²) in [7, 11) is 1.47. The average Bonchev–Trinajstić information content (AvgIpc) is 2.45. The van der Waals surface area contributed by atoms with Gasteiger partial charge in [0.05, 0.1) is 11.9 Å². The first-order valence-electron chi connectivity index (χ1n) is 5.59. The molecule has 2 rings (SSSR count). The van der Waals surface area contributed by atoms with Crippen LogP contribution in [0.2, 0.25) is 0 Å². The molecule has 19 heavy (non-hydrogen) atoms. The molecule has 0 aliphatic carbocycles. The fourth-order valence-corrected chi connectivity index (χ4v) is 1.62. The van der Waals surface area contributed by atoms with Gasteiger partial charge in [-0.25, -0.2) is 5.10 Å². The molecule has 0 atom stereocenters. The SMILES string of the molecule is CNC(=O)CNC(=O)c1n[nH]c(=O)c2ccccc12. The Morgan fingerprint density at radius 2 is 1.95 bits per heavy atom. The molecule has 0 aliphatic heterocycles. The standard InChI is InChI=1S/C12H12N4O3/c1-13-9(17)6-14-12(19)10-7-4-2-3-5-8(7)11(18)16-15-10/h2-5H,6H2,1H3,(H,13,17)(H,14,19)(H,16,18). The van der Waals surface area contributed by atoms with E-state index in [4.69, 9.17) is 0 Å². The highest BCUT2D eigenvalue weighted by Crippen LogP contribution is 2.11. The van der Waals surface area contributed by atoms with Crippen molar-refractivity contribution in [3.8, 4) is 0 Å². The van der Waals surface area contributed by atoms with E-state index in [-0.39, 0.29) is 23.7 Å².